The van der Waals surface area contributed by atoms with Gasteiger partial charge in [0.05, 0.1) is 0 Å². The lowest BCUT2D eigenvalue weighted by Gasteiger charge is -2.12. The smallest absolute Gasteiger partial charge is 0.312 e. The minimum Gasteiger partial charge on any atom is -0.390 e. The van der Waals surface area contributed by atoms with Crippen LogP contribution in [0, 0.1) is 0 Å². The zero-order valence-corrected chi connectivity index (χ0v) is 6.92. The molecule has 0 atom stereocenters. The molecule has 1 rings (SSSR count). The zero-order valence-electron chi connectivity index (χ0n) is 6.92. The molecule has 0 amide bonds. The first kappa shape index (κ1) is 10.9. The van der Waals surface area contributed by atoms with Gasteiger partial charge >= 0.3 is 5.92 Å². The highest BCUT2D eigenvalue weighted by Gasteiger charge is 2.32. The summed E-state index contributed by atoms with van der Waals surface area (Å²) in [5.41, 5.74) is -1.15. The van der Waals surface area contributed by atoms with Crippen LogP contribution in [-0.2, 0) is 5.92 Å². The van der Waals surface area contributed by atoms with Crippen molar-refractivity contribution < 1.29 is 22.7 Å². The van der Waals surface area contributed by atoms with Crippen LogP contribution in [0.2, 0.25) is 0 Å². The van der Waals surface area contributed by atoms with E-state index in [0.717, 1.165) is 12.1 Å². The van der Waals surface area contributed by atoms with E-state index >= 15 is 0 Å². The Morgan fingerprint density at radius 1 is 1.36 bits per heavy atom. The molecule has 0 aliphatic heterocycles. The number of aromatic nitrogens is 1. The first-order chi connectivity index (χ1) is 6.47. The van der Waals surface area contributed by atoms with Gasteiger partial charge in [0.15, 0.2) is 0 Å². The van der Waals surface area contributed by atoms with Crippen LogP contribution in [0.1, 0.15) is 17.7 Å². The van der Waals surface area contributed by atoms with Gasteiger partial charge in [-0.05, 0) is 12.1 Å². The topological polar surface area (TPSA) is 33.1 Å². The summed E-state index contributed by atoms with van der Waals surface area (Å²) in [5, 5.41) is 8.29. The lowest BCUT2D eigenvalue weighted by molar-refractivity contribution is -0.0593. The van der Waals surface area contributed by atoms with E-state index in [1.807, 2.05) is 0 Å². The maximum Gasteiger partial charge on any atom is 0.312 e. The minimum atomic E-state index is -3.49. The predicted molar refractivity (Wildman–Crippen MR) is 40.2 cm³/mol. The molecular formula is C8H7F4NO. The Kier molecular flexibility index (Phi) is 3.05. The highest BCUT2D eigenvalue weighted by atomic mass is 19.3. The summed E-state index contributed by atoms with van der Waals surface area (Å²) in [7, 11) is 0. The van der Waals surface area contributed by atoms with E-state index in [1.54, 1.807) is 0 Å². The summed E-state index contributed by atoms with van der Waals surface area (Å²) in [6.45, 7) is -1.39. The molecule has 0 aromatic carbocycles. The Bertz CT molecular complexity index is 299. The molecule has 0 saturated carbocycles. The van der Waals surface area contributed by atoms with Crippen molar-refractivity contribution >= 4 is 0 Å². The lowest BCUT2D eigenvalue weighted by Crippen LogP contribution is -2.20. The highest BCUT2D eigenvalue weighted by molar-refractivity contribution is 5.18. The predicted octanol–water partition coefficient (Wildman–Crippen LogP) is 2.10. The van der Waals surface area contributed by atoms with E-state index in [1.165, 1.54) is 0 Å². The molecule has 78 valence electrons. The molecule has 0 saturated heterocycles. The molecule has 1 aromatic rings. The molecule has 0 fully saturated rings. The second kappa shape index (κ2) is 3.91. The largest absolute Gasteiger partial charge is 0.390 e. The van der Waals surface area contributed by atoms with Crippen LogP contribution in [0.4, 0.5) is 17.6 Å². The number of aliphatic hydroxyl groups is 1. The number of hydrogen-bond acceptors (Lipinski definition) is 2. The average molecular weight is 209 g/mol. The van der Waals surface area contributed by atoms with Gasteiger partial charge in [0.1, 0.15) is 12.3 Å². The lowest BCUT2D eigenvalue weighted by atomic mass is 10.2. The molecule has 6 heteroatoms. The molecule has 14 heavy (non-hydrogen) atoms. The van der Waals surface area contributed by atoms with Gasteiger partial charge in [-0.3, -0.25) is 4.98 Å². The van der Waals surface area contributed by atoms with Gasteiger partial charge in [-0.25, -0.2) is 8.78 Å². The first-order valence-corrected chi connectivity index (χ1v) is 3.70. The summed E-state index contributed by atoms with van der Waals surface area (Å²) < 4.78 is 49.4. The van der Waals surface area contributed by atoms with Crippen LogP contribution in [0.15, 0.2) is 18.3 Å². The number of hydrogen-bond donors (Lipinski definition) is 1. The number of alkyl halides is 4. The first-order valence-electron chi connectivity index (χ1n) is 3.70. The van der Waals surface area contributed by atoms with Crippen LogP contribution in [0.5, 0.6) is 0 Å². The quantitative estimate of drug-likeness (QED) is 0.773. The van der Waals surface area contributed by atoms with Gasteiger partial charge in [-0.1, -0.05) is 0 Å². The minimum absolute atomic E-state index is 0.428. The Balaban J connectivity index is 2.94. The van der Waals surface area contributed by atoms with E-state index in [0.29, 0.717) is 6.20 Å². The van der Waals surface area contributed by atoms with Gasteiger partial charge in [0.25, 0.3) is 6.43 Å². The van der Waals surface area contributed by atoms with Gasteiger partial charge in [-0.15, -0.1) is 0 Å². The van der Waals surface area contributed by atoms with Crippen molar-refractivity contribution in [1.29, 1.82) is 0 Å². The number of pyridine rings is 1. The molecule has 2 nitrogen and oxygen atoms in total. The van der Waals surface area contributed by atoms with Crippen molar-refractivity contribution in [3.05, 3.63) is 29.6 Å². The Morgan fingerprint density at radius 3 is 2.36 bits per heavy atom. The van der Waals surface area contributed by atoms with Gasteiger partial charge in [0, 0.05) is 11.8 Å². The number of nitrogens with zero attached hydrogens (tertiary/aromatic N) is 1. The third-order valence-corrected chi connectivity index (χ3v) is 1.61. The fraction of sp³-hybridized carbons (Fsp3) is 0.375. The van der Waals surface area contributed by atoms with Crippen molar-refractivity contribution in [2.75, 3.05) is 6.61 Å². The summed E-state index contributed by atoms with van der Waals surface area (Å²) >= 11 is 0. The van der Waals surface area contributed by atoms with Crippen molar-refractivity contribution in [3.8, 4) is 0 Å². The van der Waals surface area contributed by atoms with Crippen LogP contribution >= 0.6 is 0 Å². The van der Waals surface area contributed by atoms with Crippen LogP contribution in [0.3, 0.4) is 0 Å². The molecule has 0 bridgehead atoms. The van der Waals surface area contributed by atoms with Gasteiger partial charge < -0.3 is 5.11 Å². The van der Waals surface area contributed by atoms with Crippen LogP contribution in [-0.4, -0.2) is 16.7 Å². The van der Waals surface area contributed by atoms with Crippen molar-refractivity contribution in [1.82, 2.24) is 4.98 Å². The monoisotopic (exact) mass is 209 g/mol. The van der Waals surface area contributed by atoms with Gasteiger partial charge in [0.2, 0.25) is 0 Å². The van der Waals surface area contributed by atoms with E-state index in [4.69, 9.17) is 5.11 Å². The van der Waals surface area contributed by atoms with Crippen molar-refractivity contribution in [2.24, 2.45) is 0 Å². The standard InChI is InChI=1S/C8H7F4NO/c9-7(10)5-1-2-6(13-3-5)8(11,12)4-14/h1-3,7,14H,4H2. The fourth-order valence-corrected chi connectivity index (χ4v) is 0.832. The molecule has 0 unspecified atom stereocenters. The van der Waals surface area contributed by atoms with E-state index in [-0.39, 0.29) is 0 Å². The van der Waals surface area contributed by atoms with E-state index in [9.17, 15) is 17.6 Å². The third-order valence-electron chi connectivity index (χ3n) is 1.61. The van der Waals surface area contributed by atoms with Crippen molar-refractivity contribution in [3.63, 3.8) is 0 Å². The average Bonchev–Trinajstić information content (AvgIpc) is 2.18. The second-order valence-electron chi connectivity index (χ2n) is 2.64. The summed E-state index contributed by atoms with van der Waals surface area (Å²) in [5.74, 6) is -3.49. The third kappa shape index (κ3) is 2.20. The summed E-state index contributed by atoms with van der Waals surface area (Å²) in [6, 6.07) is 1.63. The Morgan fingerprint density at radius 2 is 2.00 bits per heavy atom. The summed E-state index contributed by atoms with van der Waals surface area (Å²) in [4.78, 5) is 3.15. The van der Waals surface area contributed by atoms with Crippen LogP contribution in [0.25, 0.3) is 0 Å². The van der Waals surface area contributed by atoms with Gasteiger partial charge in [-0.2, -0.15) is 8.78 Å². The SMILES string of the molecule is OCC(F)(F)c1ccc(C(F)F)cn1. The molecule has 0 aliphatic carbocycles. The Hall–Kier alpha value is -1.17. The van der Waals surface area contributed by atoms with E-state index in [2.05, 4.69) is 4.98 Å². The zero-order chi connectivity index (χ0) is 10.8. The highest BCUT2D eigenvalue weighted by Crippen LogP contribution is 2.26. The number of halogens is 4. The molecule has 0 spiro atoms. The molecule has 0 radical (unpaired) electrons. The molecule has 1 heterocycles. The second-order valence-corrected chi connectivity index (χ2v) is 2.64. The van der Waals surface area contributed by atoms with Crippen LogP contribution < -0.4 is 0 Å². The maximum atomic E-state index is 12.7. The Labute approximate surface area is 77.2 Å². The van der Waals surface area contributed by atoms with E-state index < -0.39 is 30.2 Å². The fourth-order valence-electron chi connectivity index (χ4n) is 0.832. The molecule has 1 N–H and O–H groups in total. The summed E-state index contributed by atoms with van der Waals surface area (Å²) in [6.07, 6.45) is -2.07. The van der Waals surface area contributed by atoms with Crippen molar-refractivity contribution in [2.45, 2.75) is 12.3 Å². The normalized spacial score (nSPS) is 12.1. The number of rotatable bonds is 3. The molecule has 1 aromatic heterocycles. The molecular weight excluding hydrogens is 202 g/mol. The molecule has 0 aliphatic rings. The maximum absolute atomic E-state index is 12.7. The number of aliphatic hydroxyl groups excluding tert-OH is 1.